The molecule has 0 radical (unpaired) electrons. The van der Waals surface area contributed by atoms with Crippen molar-refractivity contribution in [2.24, 2.45) is 5.84 Å². The fourth-order valence-corrected chi connectivity index (χ4v) is 2.57. The largest absolute Gasteiger partial charge is 0.300 e. The summed E-state index contributed by atoms with van der Waals surface area (Å²) in [4.78, 5) is 4.41. The first-order chi connectivity index (χ1) is 7.29. The molecule has 0 bridgehead atoms. The molecule has 6 heteroatoms. The van der Waals surface area contributed by atoms with E-state index in [4.69, 9.17) is 5.84 Å². The topological polar surface area (TPSA) is 79.6 Å². The Balaban J connectivity index is 2.53. The molecule has 2 heterocycles. The van der Waals surface area contributed by atoms with Crippen LogP contribution in [0.4, 0.5) is 5.13 Å². The zero-order chi connectivity index (χ0) is 10.4. The number of fused-ring (bicyclic) bond motifs is 3. The first-order valence-corrected chi connectivity index (χ1v) is 5.31. The van der Waals surface area contributed by atoms with E-state index in [2.05, 4.69) is 33.6 Å². The number of nitrogens with two attached hydrogens (primary N) is 1. The number of hydrazine groups is 1. The van der Waals surface area contributed by atoms with Crippen LogP contribution < -0.4 is 11.3 Å². The van der Waals surface area contributed by atoms with E-state index in [0.717, 1.165) is 26.3 Å². The highest BCUT2D eigenvalue weighted by molar-refractivity contribution is 7.22. The van der Waals surface area contributed by atoms with Gasteiger partial charge in [-0.3, -0.25) is 10.5 Å². The lowest BCUT2D eigenvalue weighted by Crippen LogP contribution is -2.05. The molecule has 0 amide bonds. The summed E-state index contributed by atoms with van der Waals surface area (Å²) >= 11 is 1.55. The van der Waals surface area contributed by atoms with Gasteiger partial charge in [0, 0.05) is 5.39 Å². The minimum absolute atomic E-state index is 0.724. The lowest BCUT2D eigenvalue weighted by atomic mass is 10.1. The van der Waals surface area contributed by atoms with Gasteiger partial charge in [0.25, 0.3) is 0 Å². The molecule has 15 heavy (non-hydrogen) atoms. The minimum atomic E-state index is 0.724. The zero-order valence-electron chi connectivity index (χ0n) is 8.03. The van der Waals surface area contributed by atoms with Crippen molar-refractivity contribution in [3.05, 3.63) is 17.8 Å². The van der Waals surface area contributed by atoms with E-state index in [1.165, 1.54) is 5.56 Å². The molecule has 0 saturated carbocycles. The molecule has 5 nitrogen and oxygen atoms in total. The van der Waals surface area contributed by atoms with Gasteiger partial charge in [-0.2, -0.15) is 5.10 Å². The van der Waals surface area contributed by atoms with Crippen LogP contribution in [-0.4, -0.2) is 15.2 Å². The number of nitrogens with zero attached hydrogens (tertiary/aromatic N) is 2. The number of nitrogens with one attached hydrogen (secondary N) is 2. The molecule has 0 aliphatic rings. The molecule has 0 atom stereocenters. The van der Waals surface area contributed by atoms with Crippen LogP contribution in [0.1, 0.15) is 5.56 Å². The predicted octanol–water partition coefficient (Wildman–Crippen LogP) is 1.77. The van der Waals surface area contributed by atoms with Crippen LogP contribution in [0.25, 0.3) is 21.1 Å². The molecule has 1 aromatic carbocycles. The van der Waals surface area contributed by atoms with Gasteiger partial charge >= 0.3 is 0 Å². The monoisotopic (exact) mass is 219 g/mol. The maximum atomic E-state index is 5.36. The van der Waals surface area contributed by atoms with E-state index in [1.807, 2.05) is 0 Å². The van der Waals surface area contributed by atoms with E-state index in [-0.39, 0.29) is 0 Å². The van der Waals surface area contributed by atoms with E-state index in [1.54, 1.807) is 17.5 Å². The number of aromatic nitrogens is 3. The summed E-state index contributed by atoms with van der Waals surface area (Å²) in [6, 6.07) is 2.07. The Kier molecular flexibility index (Phi) is 1.68. The van der Waals surface area contributed by atoms with Crippen molar-refractivity contribution in [3.8, 4) is 0 Å². The number of anilines is 1. The second-order valence-electron chi connectivity index (χ2n) is 3.37. The number of H-pyrrole nitrogens is 1. The van der Waals surface area contributed by atoms with E-state index < -0.39 is 0 Å². The second-order valence-corrected chi connectivity index (χ2v) is 4.36. The number of rotatable bonds is 1. The van der Waals surface area contributed by atoms with Crippen molar-refractivity contribution >= 4 is 37.6 Å². The number of aromatic amines is 1. The van der Waals surface area contributed by atoms with Crippen LogP contribution in [0.3, 0.4) is 0 Å². The van der Waals surface area contributed by atoms with Crippen molar-refractivity contribution in [1.82, 2.24) is 15.2 Å². The predicted molar refractivity (Wildman–Crippen MR) is 61.8 cm³/mol. The van der Waals surface area contributed by atoms with Gasteiger partial charge in [-0.15, -0.1) is 0 Å². The Morgan fingerprint density at radius 2 is 2.40 bits per heavy atom. The Morgan fingerprint density at radius 1 is 1.53 bits per heavy atom. The average Bonchev–Trinajstić information content (AvgIpc) is 2.81. The Labute approximate surface area is 89.3 Å². The summed E-state index contributed by atoms with van der Waals surface area (Å²) in [6.07, 6.45) is 1.79. The smallest absolute Gasteiger partial charge is 0.198 e. The SMILES string of the molecule is Cc1cc2[nH]ncc2c2nc(NN)sc12. The van der Waals surface area contributed by atoms with Crippen LogP contribution in [0, 0.1) is 6.92 Å². The number of aryl methyl sites for hydroxylation is 1. The maximum Gasteiger partial charge on any atom is 0.198 e. The van der Waals surface area contributed by atoms with Gasteiger partial charge < -0.3 is 0 Å². The third kappa shape index (κ3) is 1.12. The standard InChI is InChI=1S/C9H9N5S/c1-4-2-6-5(3-11-14-6)7-8(4)15-9(12-7)13-10/h2-3H,10H2,1H3,(H,11,14)(H,12,13). The van der Waals surface area contributed by atoms with Gasteiger partial charge in [0.05, 0.1) is 21.9 Å². The molecule has 0 fully saturated rings. The van der Waals surface area contributed by atoms with E-state index in [9.17, 15) is 0 Å². The lowest BCUT2D eigenvalue weighted by molar-refractivity contribution is 1.12. The second kappa shape index (κ2) is 2.91. The first-order valence-electron chi connectivity index (χ1n) is 4.49. The number of benzene rings is 1. The fraction of sp³-hybridized carbons (Fsp3) is 0.111. The highest BCUT2D eigenvalue weighted by Gasteiger charge is 2.10. The van der Waals surface area contributed by atoms with Crippen LogP contribution in [-0.2, 0) is 0 Å². The zero-order valence-corrected chi connectivity index (χ0v) is 8.85. The highest BCUT2D eigenvalue weighted by atomic mass is 32.1. The molecular formula is C9H9N5S. The summed E-state index contributed by atoms with van der Waals surface area (Å²) in [6.45, 7) is 2.06. The highest BCUT2D eigenvalue weighted by Crippen LogP contribution is 2.33. The Hall–Kier alpha value is -1.66. The van der Waals surface area contributed by atoms with Gasteiger partial charge in [0.1, 0.15) is 0 Å². The number of hydrogen-bond acceptors (Lipinski definition) is 5. The van der Waals surface area contributed by atoms with Gasteiger partial charge in [-0.1, -0.05) is 11.3 Å². The van der Waals surface area contributed by atoms with Crippen molar-refractivity contribution < 1.29 is 0 Å². The van der Waals surface area contributed by atoms with Gasteiger partial charge in [-0.05, 0) is 18.6 Å². The molecule has 0 aliphatic heterocycles. The summed E-state index contributed by atoms with van der Waals surface area (Å²) in [5, 5.41) is 8.72. The Bertz CT molecular complexity index is 638. The molecule has 3 rings (SSSR count). The van der Waals surface area contributed by atoms with Crippen molar-refractivity contribution in [2.75, 3.05) is 5.43 Å². The molecule has 3 aromatic rings. The molecule has 2 aromatic heterocycles. The fourth-order valence-electron chi connectivity index (χ4n) is 1.71. The van der Waals surface area contributed by atoms with Crippen molar-refractivity contribution in [1.29, 1.82) is 0 Å². The van der Waals surface area contributed by atoms with Gasteiger partial charge in [-0.25, -0.2) is 10.8 Å². The van der Waals surface area contributed by atoms with Crippen molar-refractivity contribution in [3.63, 3.8) is 0 Å². The summed E-state index contributed by atoms with van der Waals surface area (Å²) in [5.41, 5.74) is 5.72. The normalized spacial score (nSPS) is 11.3. The quantitative estimate of drug-likeness (QED) is 0.430. The molecule has 0 spiro atoms. The molecule has 4 N–H and O–H groups in total. The number of hydrogen-bond donors (Lipinski definition) is 3. The van der Waals surface area contributed by atoms with Crippen LogP contribution >= 0.6 is 11.3 Å². The first kappa shape index (κ1) is 8.63. The molecule has 0 unspecified atom stereocenters. The third-order valence-corrected chi connectivity index (χ3v) is 3.52. The summed E-state index contributed by atoms with van der Waals surface area (Å²) in [7, 11) is 0. The average molecular weight is 219 g/mol. The number of thiazole rings is 1. The molecule has 0 aliphatic carbocycles. The van der Waals surface area contributed by atoms with Crippen LogP contribution in [0.5, 0.6) is 0 Å². The van der Waals surface area contributed by atoms with Gasteiger partial charge in [0.2, 0.25) is 0 Å². The molecule has 76 valence electrons. The van der Waals surface area contributed by atoms with Crippen molar-refractivity contribution in [2.45, 2.75) is 6.92 Å². The van der Waals surface area contributed by atoms with E-state index >= 15 is 0 Å². The molecule has 0 saturated heterocycles. The van der Waals surface area contributed by atoms with Crippen LogP contribution in [0.2, 0.25) is 0 Å². The summed E-state index contributed by atoms with van der Waals surface area (Å²) < 4.78 is 1.15. The molecular weight excluding hydrogens is 210 g/mol. The Morgan fingerprint density at radius 3 is 3.20 bits per heavy atom. The number of nitrogen functional groups attached to an aromatic ring is 1. The minimum Gasteiger partial charge on any atom is -0.300 e. The maximum absolute atomic E-state index is 5.36. The van der Waals surface area contributed by atoms with Crippen LogP contribution in [0.15, 0.2) is 12.3 Å². The third-order valence-electron chi connectivity index (χ3n) is 2.39. The van der Waals surface area contributed by atoms with E-state index in [0.29, 0.717) is 0 Å². The lowest BCUT2D eigenvalue weighted by Gasteiger charge is -1.94. The van der Waals surface area contributed by atoms with Gasteiger partial charge in [0.15, 0.2) is 5.13 Å². The summed E-state index contributed by atoms with van der Waals surface area (Å²) in [5.74, 6) is 5.36.